The van der Waals surface area contributed by atoms with Gasteiger partial charge in [0.15, 0.2) is 5.25 Å². The summed E-state index contributed by atoms with van der Waals surface area (Å²) in [6.45, 7) is 2.52. The van der Waals surface area contributed by atoms with Crippen LogP contribution in [0.1, 0.15) is 42.9 Å². The summed E-state index contributed by atoms with van der Waals surface area (Å²) in [5, 5.41) is 1.09. The molecule has 3 aliphatic rings. The molecule has 2 heterocycles. The van der Waals surface area contributed by atoms with Gasteiger partial charge in [0.25, 0.3) is 11.8 Å². The zero-order chi connectivity index (χ0) is 26.1. The number of nitrogens with zero attached hydrogens (tertiary/aromatic N) is 2. The summed E-state index contributed by atoms with van der Waals surface area (Å²) < 4.78 is 6.21. The predicted molar refractivity (Wildman–Crippen MR) is 150 cm³/mol. The monoisotopic (exact) mass is 547 g/mol. The van der Waals surface area contributed by atoms with Crippen LogP contribution in [0, 0.1) is 0 Å². The molecule has 1 saturated carbocycles. The number of hydrazine groups is 1. The van der Waals surface area contributed by atoms with Crippen LogP contribution in [0.25, 0.3) is 0 Å². The van der Waals surface area contributed by atoms with Gasteiger partial charge in [-0.3, -0.25) is 15.0 Å². The van der Waals surface area contributed by atoms with E-state index in [2.05, 4.69) is 34.6 Å². The number of nitrogens with one attached hydrogen (secondary N) is 1. The van der Waals surface area contributed by atoms with E-state index in [0.717, 1.165) is 49.4 Å². The third-order valence-electron chi connectivity index (χ3n) is 7.72. The van der Waals surface area contributed by atoms with E-state index in [4.69, 9.17) is 16.3 Å². The molecule has 2 saturated heterocycles. The van der Waals surface area contributed by atoms with E-state index in [-0.39, 0.29) is 17.4 Å². The average molecular weight is 548 g/mol. The Balaban J connectivity index is 1.27. The summed E-state index contributed by atoms with van der Waals surface area (Å²) >= 11 is 7.50. The van der Waals surface area contributed by atoms with Gasteiger partial charge >= 0.3 is 0 Å². The molecule has 2 aliphatic heterocycles. The number of hydrogen-bond donors (Lipinski definition) is 1. The van der Waals surface area contributed by atoms with E-state index < -0.39 is 11.3 Å². The zero-order valence-corrected chi connectivity index (χ0v) is 22.6. The van der Waals surface area contributed by atoms with Crippen molar-refractivity contribution in [2.75, 3.05) is 24.6 Å². The first kappa shape index (κ1) is 25.3. The number of carbonyl (C=O) groups excluding carboxylic acids is 2. The second kappa shape index (κ2) is 10.6. The van der Waals surface area contributed by atoms with Crippen molar-refractivity contribution in [3.05, 3.63) is 95.0 Å². The molecule has 3 aromatic carbocycles. The SMILES string of the molecule is O=C1NN(C(c2ccccc2)c2ccc(N3CCOC4(CCCC4)C3)cc2)C(=O)C1Sc1ccccc1Cl. The summed E-state index contributed by atoms with van der Waals surface area (Å²) in [5.41, 5.74) is 5.85. The van der Waals surface area contributed by atoms with Gasteiger partial charge in [-0.1, -0.05) is 79.0 Å². The summed E-state index contributed by atoms with van der Waals surface area (Å²) in [4.78, 5) is 29.8. The van der Waals surface area contributed by atoms with E-state index in [0.29, 0.717) is 9.92 Å². The number of halogens is 1. The molecule has 0 aromatic heterocycles. The Labute approximate surface area is 232 Å². The van der Waals surface area contributed by atoms with Gasteiger partial charge in [0.05, 0.1) is 17.2 Å². The smallest absolute Gasteiger partial charge is 0.265 e. The summed E-state index contributed by atoms with van der Waals surface area (Å²) in [7, 11) is 0. The van der Waals surface area contributed by atoms with Crippen LogP contribution in [-0.2, 0) is 14.3 Å². The van der Waals surface area contributed by atoms with Crippen LogP contribution in [0.15, 0.2) is 83.8 Å². The molecule has 3 fully saturated rings. The lowest BCUT2D eigenvalue weighted by molar-refractivity contribution is -0.131. The Morgan fingerprint density at radius 3 is 2.34 bits per heavy atom. The first-order chi connectivity index (χ1) is 18.5. The highest BCUT2D eigenvalue weighted by Crippen LogP contribution is 2.39. The van der Waals surface area contributed by atoms with Crippen LogP contribution in [0.4, 0.5) is 5.69 Å². The molecule has 2 atom stereocenters. The first-order valence-electron chi connectivity index (χ1n) is 13.1. The number of ether oxygens (including phenoxy) is 1. The van der Waals surface area contributed by atoms with E-state index >= 15 is 0 Å². The number of amides is 2. The Morgan fingerprint density at radius 2 is 1.61 bits per heavy atom. The lowest BCUT2D eigenvalue weighted by Crippen LogP contribution is -2.50. The zero-order valence-electron chi connectivity index (χ0n) is 21.0. The van der Waals surface area contributed by atoms with Crippen molar-refractivity contribution < 1.29 is 14.3 Å². The second-order valence-corrected chi connectivity index (χ2v) is 11.7. The Bertz CT molecular complexity index is 1310. The molecule has 38 heavy (non-hydrogen) atoms. The maximum absolute atomic E-state index is 13.6. The molecule has 1 N–H and O–H groups in total. The van der Waals surface area contributed by atoms with Crippen molar-refractivity contribution in [3.8, 4) is 0 Å². The van der Waals surface area contributed by atoms with E-state index in [1.165, 1.54) is 29.6 Å². The van der Waals surface area contributed by atoms with Crippen molar-refractivity contribution in [2.24, 2.45) is 0 Å². The van der Waals surface area contributed by atoms with Crippen LogP contribution >= 0.6 is 23.4 Å². The van der Waals surface area contributed by atoms with E-state index in [1.807, 2.05) is 48.5 Å². The number of hydrogen-bond acceptors (Lipinski definition) is 5. The average Bonchev–Trinajstić information content (AvgIpc) is 3.50. The molecule has 8 heteroatoms. The summed E-state index contributed by atoms with van der Waals surface area (Å²) in [6, 6.07) is 25.0. The topological polar surface area (TPSA) is 61.9 Å². The van der Waals surface area contributed by atoms with Gasteiger partial charge in [0, 0.05) is 23.7 Å². The maximum Gasteiger partial charge on any atom is 0.265 e. The highest BCUT2D eigenvalue weighted by Gasteiger charge is 2.44. The molecule has 6 nitrogen and oxygen atoms in total. The van der Waals surface area contributed by atoms with Gasteiger partial charge in [-0.15, -0.1) is 11.8 Å². The number of thioether (sulfide) groups is 1. The molecular formula is C30H30ClN3O3S. The van der Waals surface area contributed by atoms with Gasteiger partial charge in [0.1, 0.15) is 6.04 Å². The van der Waals surface area contributed by atoms with Crippen molar-refractivity contribution in [3.63, 3.8) is 0 Å². The van der Waals surface area contributed by atoms with Gasteiger partial charge in [-0.2, -0.15) is 0 Å². The van der Waals surface area contributed by atoms with Crippen molar-refractivity contribution in [1.82, 2.24) is 10.4 Å². The molecule has 3 aromatic rings. The highest BCUT2D eigenvalue weighted by molar-refractivity contribution is 8.01. The normalized spacial score (nSPS) is 21.7. The Morgan fingerprint density at radius 1 is 0.921 bits per heavy atom. The number of benzene rings is 3. The predicted octanol–water partition coefficient (Wildman–Crippen LogP) is 5.61. The standard InChI is InChI=1S/C30H30ClN3O3S/c31-24-10-4-5-11-25(24)38-27-28(35)32-34(29(27)36)26(21-8-2-1-3-9-21)22-12-14-23(15-13-22)33-18-19-37-30(20-33)16-6-7-17-30/h1-5,8-15,26-27H,6-7,16-20H2,(H,32,35). The minimum Gasteiger partial charge on any atom is -0.371 e. The molecule has 2 amide bonds. The van der Waals surface area contributed by atoms with Gasteiger partial charge in [0.2, 0.25) is 0 Å². The third-order valence-corrected chi connectivity index (χ3v) is 9.43. The van der Waals surface area contributed by atoms with E-state index in [9.17, 15) is 9.59 Å². The fraction of sp³-hybridized carbons (Fsp3) is 0.333. The fourth-order valence-corrected chi connectivity index (χ4v) is 7.05. The quantitative estimate of drug-likeness (QED) is 0.406. The number of morpholine rings is 1. The minimum atomic E-state index is -0.906. The van der Waals surface area contributed by atoms with Gasteiger partial charge in [-0.05, 0) is 48.2 Å². The van der Waals surface area contributed by atoms with Crippen molar-refractivity contribution >= 4 is 40.9 Å². The molecule has 196 valence electrons. The molecule has 0 bridgehead atoms. The molecular weight excluding hydrogens is 518 g/mol. The molecule has 2 unspecified atom stereocenters. The molecule has 0 radical (unpaired) electrons. The molecule has 1 aliphatic carbocycles. The Kier molecular flexibility index (Phi) is 7.08. The van der Waals surface area contributed by atoms with E-state index in [1.54, 1.807) is 6.07 Å². The van der Waals surface area contributed by atoms with Crippen LogP contribution < -0.4 is 10.3 Å². The highest BCUT2D eigenvalue weighted by atomic mass is 35.5. The number of rotatable bonds is 6. The summed E-state index contributed by atoms with van der Waals surface area (Å²) in [5.74, 6) is -0.623. The number of carbonyl (C=O) groups is 2. The molecule has 6 rings (SSSR count). The number of anilines is 1. The first-order valence-corrected chi connectivity index (χ1v) is 14.4. The third kappa shape index (κ3) is 4.91. The lowest BCUT2D eigenvalue weighted by Gasteiger charge is -2.41. The molecule has 1 spiro atoms. The second-order valence-electron chi connectivity index (χ2n) is 10.2. The van der Waals surface area contributed by atoms with Crippen LogP contribution in [0.3, 0.4) is 0 Å². The largest absolute Gasteiger partial charge is 0.371 e. The fourth-order valence-electron chi connectivity index (χ4n) is 5.81. The van der Waals surface area contributed by atoms with Gasteiger partial charge < -0.3 is 9.64 Å². The van der Waals surface area contributed by atoms with Crippen LogP contribution in [0.2, 0.25) is 5.02 Å². The van der Waals surface area contributed by atoms with Crippen molar-refractivity contribution in [2.45, 2.75) is 47.5 Å². The van der Waals surface area contributed by atoms with Gasteiger partial charge in [-0.25, -0.2) is 5.01 Å². The minimum absolute atomic E-state index is 0.00985. The van der Waals surface area contributed by atoms with Crippen LogP contribution in [0.5, 0.6) is 0 Å². The maximum atomic E-state index is 13.6. The van der Waals surface area contributed by atoms with Crippen LogP contribution in [-0.4, -0.2) is 47.4 Å². The lowest BCUT2D eigenvalue weighted by atomic mass is 9.96. The van der Waals surface area contributed by atoms with Crippen molar-refractivity contribution in [1.29, 1.82) is 0 Å². The Hall–Kier alpha value is -3.00. The summed E-state index contributed by atoms with van der Waals surface area (Å²) in [6.07, 6.45) is 4.72.